The van der Waals surface area contributed by atoms with Gasteiger partial charge in [0.1, 0.15) is 5.75 Å². The number of hydrogen-bond acceptors (Lipinski definition) is 5. The summed E-state index contributed by atoms with van der Waals surface area (Å²) in [6.45, 7) is 4.53. The lowest BCUT2D eigenvalue weighted by molar-refractivity contribution is -0.138. The number of hydrogen-bond donors (Lipinski definition) is 0. The summed E-state index contributed by atoms with van der Waals surface area (Å²) in [4.78, 5) is 16.7. The Bertz CT molecular complexity index is 888. The molecule has 1 unspecified atom stereocenters. The van der Waals surface area contributed by atoms with Crippen LogP contribution in [-0.4, -0.2) is 57.9 Å². The van der Waals surface area contributed by atoms with Gasteiger partial charge in [-0.3, -0.25) is 4.79 Å². The van der Waals surface area contributed by atoms with E-state index in [1.807, 2.05) is 76.5 Å². The molecule has 2 aromatic heterocycles. The van der Waals surface area contributed by atoms with Crippen molar-refractivity contribution in [3.05, 3.63) is 67.0 Å². The number of anilines is 1. The number of carbonyl (C=O) groups excluding carboxylic acids is 1. The van der Waals surface area contributed by atoms with Crippen LogP contribution >= 0.6 is 0 Å². The number of ether oxygens (including phenoxy) is 1. The fraction of sp³-hybridized carbons (Fsp3) is 0.286. The zero-order valence-corrected chi connectivity index (χ0v) is 15.8. The van der Waals surface area contributed by atoms with Crippen molar-refractivity contribution >= 4 is 11.7 Å². The maximum atomic E-state index is 12.7. The summed E-state index contributed by atoms with van der Waals surface area (Å²) in [6, 6.07) is 17.3. The second kappa shape index (κ2) is 8.12. The number of nitrogens with zero attached hydrogens (tertiary/aromatic N) is 5. The molecular weight excluding hydrogens is 354 g/mol. The summed E-state index contributed by atoms with van der Waals surface area (Å²) in [5.74, 6) is 2.34. The molecule has 28 heavy (non-hydrogen) atoms. The molecule has 3 heterocycles. The molecule has 0 N–H and O–H groups in total. The van der Waals surface area contributed by atoms with Gasteiger partial charge in [0.05, 0.1) is 0 Å². The number of aromatic nitrogens is 3. The molecule has 0 radical (unpaired) electrons. The Balaban J connectivity index is 1.32. The first-order valence-electron chi connectivity index (χ1n) is 9.43. The predicted molar refractivity (Wildman–Crippen MR) is 107 cm³/mol. The van der Waals surface area contributed by atoms with Gasteiger partial charge in [-0.2, -0.15) is 0 Å². The molecule has 4 rings (SSSR count). The van der Waals surface area contributed by atoms with E-state index in [1.54, 1.807) is 6.92 Å². The van der Waals surface area contributed by atoms with Crippen molar-refractivity contribution in [2.75, 3.05) is 31.1 Å². The minimum atomic E-state index is -0.505. The third-order valence-electron chi connectivity index (χ3n) is 4.82. The monoisotopic (exact) mass is 377 g/mol. The van der Waals surface area contributed by atoms with E-state index in [4.69, 9.17) is 4.74 Å². The summed E-state index contributed by atoms with van der Waals surface area (Å²) < 4.78 is 7.68. The molecule has 1 saturated heterocycles. The average Bonchev–Trinajstić information content (AvgIpc) is 3.29. The first-order chi connectivity index (χ1) is 13.7. The Labute approximate surface area is 164 Å². The zero-order valence-electron chi connectivity index (χ0n) is 15.8. The highest BCUT2D eigenvalue weighted by Gasteiger charge is 2.26. The van der Waals surface area contributed by atoms with E-state index >= 15 is 0 Å². The topological polar surface area (TPSA) is 63.5 Å². The van der Waals surface area contributed by atoms with Crippen LogP contribution in [0.3, 0.4) is 0 Å². The lowest BCUT2D eigenvalue weighted by Gasteiger charge is -2.36. The van der Waals surface area contributed by atoms with Gasteiger partial charge in [-0.05, 0) is 43.3 Å². The van der Waals surface area contributed by atoms with Crippen LogP contribution in [0, 0.1) is 0 Å². The molecule has 1 aliphatic rings. The van der Waals surface area contributed by atoms with Crippen molar-refractivity contribution in [3.8, 4) is 11.6 Å². The highest BCUT2D eigenvalue weighted by molar-refractivity contribution is 5.81. The lowest BCUT2D eigenvalue weighted by atomic mass is 10.2. The number of piperazine rings is 1. The van der Waals surface area contributed by atoms with Gasteiger partial charge in [0.2, 0.25) is 0 Å². The van der Waals surface area contributed by atoms with Crippen molar-refractivity contribution < 1.29 is 9.53 Å². The third-order valence-corrected chi connectivity index (χ3v) is 4.82. The quantitative estimate of drug-likeness (QED) is 0.683. The van der Waals surface area contributed by atoms with Crippen LogP contribution in [0.2, 0.25) is 0 Å². The van der Waals surface area contributed by atoms with Crippen LogP contribution in [0.25, 0.3) is 5.82 Å². The van der Waals surface area contributed by atoms with Crippen molar-refractivity contribution in [2.24, 2.45) is 0 Å². The Morgan fingerprint density at radius 3 is 2.18 bits per heavy atom. The number of para-hydroxylation sites is 1. The smallest absolute Gasteiger partial charge is 0.263 e. The Morgan fingerprint density at radius 1 is 0.893 bits per heavy atom. The van der Waals surface area contributed by atoms with Gasteiger partial charge >= 0.3 is 0 Å². The van der Waals surface area contributed by atoms with Crippen molar-refractivity contribution in [1.82, 2.24) is 19.7 Å². The Kier molecular flexibility index (Phi) is 5.23. The fourth-order valence-corrected chi connectivity index (χ4v) is 3.28. The van der Waals surface area contributed by atoms with Crippen LogP contribution in [0.4, 0.5) is 5.82 Å². The van der Waals surface area contributed by atoms with E-state index < -0.39 is 6.10 Å². The summed E-state index contributed by atoms with van der Waals surface area (Å²) in [5.41, 5.74) is 0. The summed E-state index contributed by atoms with van der Waals surface area (Å²) in [5, 5.41) is 8.64. The molecule has 1 amide bonds. The fourth-order valence-electron chi connectivity index (χ4n) is 3.28. The molecule has 7 nitrogen and oxygen atoms in total. The maximum absolute atomic E-state index is 12.7. The van der Waals surface area contributed by atoms with Crippen LogP contribution in [0.15, 0.2) is 67.0 Å². The molecule has 3 aromatic rings. The zero-order chi connectivity index (χ0) is 19.3. The number of carbonyl (C=O) groups is 1. The van der Waals surface area contributed by atoms with Crippen LogP contribution in [0.1, 0.15) is 6.92 Å². The number of benzene rings is 1. The number of rotatable bonds is 5. The largest absolute Gasteiger partial charge is 0.481 e. The second-order valence-corrected chi connectivity index (χ2v) is 6.73. The van der Waals surface area contributed by atoms with Crippen molar-refractivity contribution in [3.63, 3.8) is 0 Å². The van der Waals surface area contributed by atoms with Crippen LogP contribution in [0.5, 0.6) is 5.75 Å². The summed E-state index contributed by atoms with van der Waals surface area (Å²) in [7, 11) is 0. The van der Waals surface area contributed by atoms with Gasteiger partial charge in [0.15, 0.2) is 17.7 Å². The Morgan fingerprint density at radius 2 is 1.54 bits per heavy atom. The first kappa shape index (κ1) is 18.0. The average molecular weight is 377 g/mol. The van der Waals surface area contributed by atoms with Gasteiger partial charge in [-0.25, -0.2) is 0 Å². The summed E-state index contributed by atoms with van der Waals surface area (Å²) in [6.07, 6.45) is 3.37. The van der Waals surface area contributed by atoms with Gasteiger partial charge in [0, 0.05) is 38.6 Å². The summed E-state index contributed by atoms with van der Waals surface area (Å²) >= 11 is 0. The normalized spacial score (nSPS) is 15.3. The van der Waals surface area contributed by atoms with Gasteiger partial charge in [0.25, 0.3) is 5.91 Å². The van der Waals surface area contributed by atoms with Crippen molar-refractivity contribution in [1.29, 1.82) is 0 Å². The minimum Gasteiger partial charge on any atom is -0.481 e. The van der Waals surface area contributed by atoms with E-state index in [2.05, 4.69) is 15.1 Å². The molecule has 0 bridgehead atoms. The molecule has 7 heteroatoms. The standard InChI is InChI=1S/C21H23N5O2/c1-17(28-18-7-3-2-4-8-18)21(27)26-15-13-25(14-16-26)20-10-9-19(22-23-20)24-11-5-6-12-24/h2-12,17H,13-16H2,1H3. The molecule has 1 atom stereocenters. The Hall–Kier alpha value is -3.35. The SMILES string of the molecule is CC(Oc1ccccc1)C(=O)N1CCN(c2ccc(-n3cccc3)nn2)CC1. The molecule has 0 saturated carbocycles. The highest BCUT2D eigenvalue weighted by Crippen LogP contribution is 2.16. The predicted octanol–water partition coefficient (Wildman–Crippen LogP) is 2.38. The van der Waals surface area contributed by atoms with Crippen LogP contribution in [-0.2, 0) is 4.79 Å². The van der Waals surface area contributed by atoms with Crippen molar-refractivity contribution in [2.45, 2.75) is 13.0 Å². The van der Waals surface area contributed by atoms with E-state index in [0.29, 0.717) is 18.8 Å². The maximum Gasteiger partial charge on any atom is 0.263 e. The molecule has 0 aliphatic carbocycles. The van der Waals surface area contributed by atoms with E-state index in [1.165, 1.54) is 0 Å². The molecule has 1 aliphatic heterocycles. The minimum absolute atomic E-state index is 0.0116. The van der Waals surface area contributed by atoms with Crippen LogP contribution < -0.4 is 9.64 Å². The third kappa shape index (κ3) is 3.98. The van der Waals surface area contributed by atoms with Gasteiger partial charge in [-0.1, -0.05) is 18.2 Å². The van der Waals surface area contributed by atoms with Gasteiger partial charge in [-0.15, -0.1) is 10.2 Å². The van der Waals surface area contributed by atoms with E-state index in [9.17, 15) is 4.79 Å². The highest BCUT2D eigenvalue weighted by atomic mass is 16.5. The first-order valence-corrected chi connectivity index (χ1v) is 9.43. The molecule has 0 spiro atoms. The lowest BCUT2D eigenvalue weighted by Crippen LogP contribution is -2.52. The molecular formula is C21H23N5O2. The molecule has 144 valence electrons. The number of amides is 1. The molecule has 1 fully saturated rings. The van der Waals surface area contributed by atoms with E-state index in [-0.39, 0.29) is 5.91 Å². The second-order valence-electron chi connectivity index (χ2n) is 6.73. The van der Waals surface area contributed by atoms with Gasteiger partial charge < -0.3 is 19.1 Å². The van der Waals surface area contributed by atoms with E-state index in [0.717, 1.165) is 24.7 Å². The molecule has 1 aromatic carbocycles.